The molecule has 0 N–H and O–H groups in total. The molecule has 0 spiro atoms. The van der Waals surface area contributed by atoms with Crippen molar-refractivity contribution in [3.05, 3.63) is 18.0 Å². The van der Waals surface area contributed by atoms with E-state index < -0.39 is 5.67 Å². The number of hydrogen-bond donors (Lipinski definition) is 0. The molecular formula is C14H22FN3O. The lowest BCUT2D eigenvalue weighted by atomic mass is 9.84. The highest BCUT2D eigenvalue weighted by atomic mass is 19.1. The van der Waals surface area contributed by atoms with Crippen LogP contribution < -0.4 is 4.74 Å². The molecule has 0 aromatic carbocycles. The molecule has 2 heterocycles. The van der Waals surface area contributed by atoms with Gasteiger partial charge in [-0.3, -0.25) is 4.90 Å². The summed E-state index contributed by atoms with van der Waals surface area (Å²) >= 11 is 0. The van der Waals surface area contributed by atoms with E-state index >= 15 is 0 Å². The van der Waals surface area contributed by atoms with Crippen molar-refractivity contribution in [3.63, 3.8) is 0 Å². The van der Waals surface area contributed by atoms with E-state index in [0.29, 0.717) is 25.5 Å². The Morgan fingerprint density at radius 1 is 1.42 bits per heavy atom. The van der Waals surface area contributed by atoms with Gasteiger partial charge in [-0.15, -0.1) is 0 Å². The fourth-order valence-electron chi connectivity index (χ4n) is 2.52. The maximum atomic E-state index is 14.7. The van der Waals surface area contributed by atoms with Crippen molar-refractivity contribution in [3.8, 4) is 6.01 Å². The molecule has 0 bridgehead atoms. The summed E-state index contributed by atoms with van der Waals surface area (Å²) in [5.74, 6) is 0.0578. The highest BCUT2D eigenvalue weighted by molar-refractivity contribution is 5.08. The number of alkyl halides is 1. The number of halogens is 1. The van der Waals surface area contributed by atoms with Gasteiger partial charge in [0.15, 0.2) is 0 Å². The fraction of sp³-hybridized carbons (Fsp3) is 0.714. The molecule has 19 heavy (non-hydrogen) atoms. The molecule has 1 aliphatic heterocycles. The average Bonchev–Trinajstić information content (AvgIpc) is 2.39. The summed E-state index contributed by atoms with van der Waals surface area (Å²) in [7, 11) is 1.54. The van der Waals surface area contributed by atoms with E-state index in [1.165, 1.54) is 0 Å². The van der Waals surface area contributed by atoms with E-state index in [-0.39, 0.29) is 5.92 Å². The standard InChI is InChI=1S/C14H22FN3O/c1-11(2)14(15)5-4-6-18(10-14)9-12-7-16-13(19-3)17-8-12/h7-8,11H,4-6,9-10H2,1-3H3. The minimum Gasteiger partial charge on any atom is -0.467 e. The Hall–Kier alpha value is -1.23. The second kappa shape index (κ2) is 5.82. The maximum absolute atomic E-state index is 14.7. The summed E-state index contributed by atoms with van der Waals surface area (Å²) in [6.45, 7) is 6.05. The van der Waals surface area contributed by atoms with Gasteiger partial charge in [-0.1, -0.05) is 13.8 Å². The number of nitrogens with zero attached hydrogens (tertiary/aromatic N) is 3. The van der Waals surface area contributed by atoms with Crippen LogP contribution in [0.1, 0.15) is 32.3 Å². The number of rotatable bonds is 4. The van der Waals surface area contributed by atoms with E-state index in [9.17, 15) is 4.39 Å². The van der Waals surface area contributed by atoms with E-state index in [1.54, 1.807) is 19.5 Å². The minimum absolute atomic E-state index is 0.0578. The van der Waals surface area contributed by atoms with Crippen molar-refractivity contribution in [1.29, 1.82) is 0 Å². The molecule has 0 aliphatic carbocycles. The molecule has 106 valence electrons. The first kappa shape index (κ1) is 14.2. The summed E-state index contributed by atoms with van der Waals surface area (Å²) in [4.78, 5) is 10.3. The molecule has 1 aromatic heterocycles. The molecular weight excluding hydrogens is 245 g/mol. The summed E-state index contributed by atoms with van der Waals surface area (Å²) in [5, 5.41) is 0. The van der Waals surface area contributed by atoms with Crippen molar-refractivity contribution in [2.24, 2.45) is 5.92 Å². The quantitative estimate of drug-likeness (QED) is 0.840. The van der Waals surface area contributed by atoms with E-state index in [4.69, 9.17) is 4.74 Å². The lowest BCUT2D eigenvalue weighted by Crippen LogP contribution is -2.47. The maximum Gasteiger partial charge on any atom is 0.316 e. The molecule has 4 nitrogen and oxygen atoms in total. The van der Waals surface area contributed by atoms with Crippen molar-refractivity contribution in [2.45, 2.75) is 38.9 Å². The monoisotopic (exact) mass is 267 g/mol. The molecule has 5 heteroatoms. The highest BCUT2D eigenvalue weighted by Gasteiger charge is 2.38. The van der Waals surface area contributed by atoms with Gasteiger partial charge in [0, 0.05) is 31.0 Å². The number of hydrogen-bond acceptors (Lipinski definition) is 4. The van der Waals surface area contributed by atoms with Crippen LogP contribution in [0.2, 0.25) is 0 Å². The third-order valence-corrected chi connectivity index (χ3v) is 3.86. The largest absolute Gasteiger partial charge is 0.467 e. The van der Waals surface area contributed by atoms with Gasteiger partial charge in [0.25, 0.3) is 0 Å². The Labute approximate surface area is 114 Å². The van der Waals surface area contributed by atoms with Crippen LogP contribution in [0.25, 0.3) is 0 Å². The van der Waals surface area contributed by atoms with Gasteiger partial charge < -0.3 is 4.74 Å². The van der Waals surface area contributed by atoms with Crippen LogP contribution in [0, 0.1) is 5.92 Å². The molecule has 1 unspecified atom stereocenters. The van der Waals surface area contributed by atoms with Crippen molar-refractivity contribution >= 4 is 0 Å². The van der Waals surface area contributed by atoms with Gasteiger partial charge >= 0.3 is 6.01 Å². The number of piperidine rings is 1. The van der Waals surface area contributed by atoms with Crippen molar-refractivity contribution in [1.82, 2.24) is 14.9 Å². The van der Waals surface area contributed by atoms with Crippen molar-refractivity contribution < 1.29 is 9.13 Å². The predicted octanol–water partition coefficient (Wildman–Crippen LogP) is 2.45. The van der Waals surface area contributed by atoms with Gasteiger partial charge in [-0.2, -0.15) is 0 Å². The molecule has 1 saturated heterocycles. The first-order valence-electron chi connectivity index (χ1n) is 6.80. The van der Waals surface area contributed by atoms with E-state index in [0.717, 1.165) is 18.5 Å². The topological polar surface area (TPSA) is 38.2 Å². The van der Waals surface area contributed by atoms with Gasteiger partial charge in [-0.25, -0.2) is 14.4 Å². The molecule has 1 aliphatic rings. The van der Waals surface area contributed by atoms with Gasteiger partial charge in [0.1, 0.15) is 5.67 Å². The van der Waals surface area contributed by atoms with Crippen LogP contribution in [-0.4, -0.2) is 40.7 Å². The molecule has 2 rings (SSSR count). The lowest BCUT2D eigenvalue weighted by Gasteiger charge is -2.39. The molecule has 1 aromatic rings. The van der Waals surface area contributed by atoms with Crippen LogP contribution in [0.4, 0.5) is 4.39 Å². The zero-order valence-electron chi connectivity index (χ0n) is 11.9. The normalized spacial score (nSPS) is 24.7. The molecule has 1 atom stereocenters. The Bertz CT molecular complexity index is 410. The predicted molar refractivity (Wildman–Crippen MR) is 71.8 cm³/mol. The third kappa shape index (κ3) is 3.41. The molecule has 0 saturated carbocycles. The van der Waals surface area contributed by atoms with Crippen LogP contribution in [0.3, 0.4) is 0 Å². The Morgan fingerprint density at radius 2 is 2.11 bits per heavy atom. The number of methoxy groups -OCH3 is 1. The van der Waals surface area contributed by atoms with Gasteiger partial charge in [-0.05, 0) is 25.3 Å². The first-order chi connectivity index (χ1) is 9.03. The highest BCUT2D eigenvalue weighted by Crippen LogP contribution is 2.32. The summed E-state index contributed by atoms with van der Waals surface area (Å²) in [6, 6.07) is 0.365. The van der Waals surface area contributed by atoms with E-state index in [1.807, 2.05) is 13.8 Å². The lowest BCUT2D eigenvalue weighted by molar-refractivity contribution is 0.00484. The SMILES string of the molecule is COc1ncc(CN2CCCC(F)(C(C)C)C2)cn1. The van der Waals surface area contributed by atoms with Gasteiger partial charge in [0.05, 0.1) is 7.11 Å². The van der Waals surface area contributed by atoms with Crippen LogP contribution in [-0.2, 0) is 6.54 Å². The summed E-state index contributed by atoms with van der Waals surface area (Å²) in [5.41, 5.74) is -0.0696. The second-order valence-electron chi connectivity index (χ2n) is 5.58. The Kier molecular flexibility index (Phi) is 4.34. The smallest absolute Gasteiger partial charge is 0.316 e. The molecule has 0 amide bonds. The summed E-state index contributed by atoms with van der Waals surface area (Å²) in [6.07, 6.45) is 5.07. The number of aromatic nitrogens is 2. The van der Waals surface area contributed by atoms with Crippen LogP contribution >= 0.6 is 0 Å². The van der Waals surface area contributed by atoms with Crippen LogP contribution in [0.15, 0.2) is 12.4 Å². The molecule has 0 radical (unpaired) electrons. The Morgan fingerprint density at radius 3 is 2.68 bits per heavy atom. The zero-order chi connectivity index (χ0) is 13.9. The summed E-state index contributed by atoms with van der Waals surface area (Å²) < 4.78 is 19.6. The minimum atomic E-state index is -1.06. The Balaban J connectivity index is 1.98. The number of ether oxygens (including phenoxy) is 1. The zero-order valence-corrected chi connectivity index (χ0v) is 11.9. The van der Waals surface area contributed by atoms with Gasteiger partial charge in [0.2, 0.25) is 0 Å². The molecule has 1 fully saturated rings. The fourth-order valence-corrected chi connectivity index (χ4v) is 2.52. The van der Waals surface area contributed by atoms with E-state index in [2.05, 4.69) is 14.9 Å². The second-order valence-corrected chi connectivity index (χ2v) is 5.58. The third-order valence-electron chi connectivity index (χ3n) is 3.86. The number of likely N-dealkylation sites (tertiary alicyclic amines) is 1. The van der Waals surface area contributed by atoms with Crippen LogP contribution in [0.5, 0.6) is 6.01 Å². The first-order valence-corrected chi connectivity index (χ1v) is 6.80. The van der Waals surface area contributed by atoms with Crippen molar-refractivity contribution in [2.75, 3.05) is 20.2 Å². The average molecular weight is 267 g/mol.